The summed E-state index contributed by atoms with van der Waals surface area (Å²) in [6.45, 7) is 3.15. The molecular weight excluding hydrogens is 334 g/mol. The molecule has 142 valence electrons. The van der Waals surface area contributed by atoms with Crippen LogP contribution in [0.15, 0.2) is 18.2 Å². The van der Waals surface area contributed by atoms with Crippen LogP contribution in [0.25, 0.3) is 0 Å². The normalized spacial score (nSPS) is 19.6. The maximum absolute atomic E-state index is 12.8. The molecular formula is C19H27N3O4. The summed E-state index contributed by atoms with van der Waals surface area (Å²) in [4.78, 5) is 26.8. The molecule has 2 aliphatic heterocycles. The first-order chi connectivity index (χ1) is 12.7. The van der Waals surface area contributed by atoms with Crippen molar-refractivity contribution in [1.29, 1.82) is 0 Å². The number of amides is 2. The molecule has 0 saturated carbocycles. The molecule has 0 spiro atoms. The third-order valence-electron chi connectivity index (χ3n) is 4.76. The van der Waals surface area contributed by atoms with E-state index >= 15 is 0 Å². The van der Waals surface area contributed by atoms with Gasteiger partial charge in [0.2, 0.25) is 5.91 Å². The summed E-state index contributed by atoms with van der Waals surface area (Å²) in [6, 6.07) is 5.48. The molecule has 1 atom stereocenters. The molecule has 7 nitrogen and oxygen atoms in total. The number of rotatable bonds is 7. The molecule has 0 aromatic heterocycles. The van der Waals surface area contributed by atoms with Crippen LogP contribution < -0.4 is 15.5 Å². The maximum atomic E-state index is 12.8. The quantitative estimate of drug-likeness (QED) is 0.774. The highest BCUT2D eigenvalue weighted by molar-refractivity contribution is 6.02. The second kappa shape index (κ2) is 9.00. The van der Waals surface area contributed by atoms with E-state index < -0.39 is 0 Å². The van der Waals surface area contributed by atoms with Gasteiger partial charge in [-0.3, -0.25) is 9.59 Å². The van der Waals surface area contributed by atoms with Gasteiger partial charge in [-0.1, -0.05) is 0 Å². The molecule has 2 heterocycles. The number of hydrogen-bond donors (Lipinski definition) is 2. The van der Waals surface area contributed by atoms with Gasteiger partial charge in [-0.2, -0.15) is 0 Å². The summed E-state index contributed by atoms with van der Waals surface area (Å²) in [5.41, 5.74) is 2.09. The van der Waals surface area contributed by atoms with Gasteiger partial charge in [0.1, 0.15) is 6.61 Å². The lowest BCUT2D eigenvalue weighted by molar-refractivity contribution is -0.119. The number of nitrogens with one attached hydrogen (secondary N) is 2. The highest BCUT2D eigenvalue weighted by atomic mass is 16.5. The van der Waals surface area contributed by atoms with Crippen molar-refractivity contribution in [1.82, 2.24) is 5.32 Å². The Morgan fingerprint density at radius 1 is 1.27 bits per heavy atom. The van der Waals surface area contributed by atoms with Crippen LogP contribution in [-0.2, 0) is 14.3 Å². The Balaban J connectivity index is 1.75. The average molecular weight is 361 g/mol. The number of carbonyl (C=O) groups excluding carboxylic acids is 2. The lowest BCUT2D eigenvalue weighted by Gasteiger charge is -2.22. The van der Waals surface area contributed by atoms with Crippen molar-refractivity contribution < 1.29 is 19.1 Å². The molecule has 26 heavy (non-hydrogen) atoms. The van der Waals surface area contributed by atoms with E-state index in [9.17, 15) is 9.59 Å². The van der Waals surface area contributed by atoms with Gasteiger partial charge in [-0.05, 0) is 43.9 Å². The Kier molecular flexibility index (Phi) is 6.46. The smallest absolute Gasteiger partial charge is 0.253 e. The van der Waals surface area contributed by atoms with Crippen molar-refractivity contribution in [3.63, 3.8) is 0 Å². The molecule has 0 unspecified atom stereocenters. The summed E-state index contributed by atoms with van der Waals surface area (Å²) >= 11 is 0. The van der Waals surface area contributed by atoms with Gasteiger partial charge in [0, 0.05) is 44.7 Å². The van der Waals surface area contributed by atoms with Crippen LogP contribution in [0, 0.1) is 0 Å². The Bertz CT molecular complexity index is 638. The third-order valence-corrected chi connectivity index (χ3v) is 4.76. The molecule has 3 rings (SSSR count). The van der Waals surface area contributed by atoms with E-state index in [-0.39, 0.29) is 24.5 Å². The Labute approximate surface area is 154 Å². The predicted molar refractivity (Wildman–Crippen MR) is 99.7 cm³/mol. The second-order valence-electron chi connectivity index (χ2n) is 6.75. The molecule has 2 aliphatic rings. The fourth-order valence-electron chi connectivity index (χ4n) is 3.46. The van der Waals surface area contributed by atoms with Crippen LogP contribution in [0.3, 0.4) is 0 Å². The van der Waals surface area contributed by atoms with Gasteiger partial charge in [0.15, 0.2) is 0 Å². The molecule has 2 fully saturated rings. The first-order valence-electron chi connectivity index (χ1n) is 9.25. The molecule has 0 radical (unpaired) electrons. The van der Waals surface area contributed by atoms with E-state index in [1.807, 2.05) is 12.1 Å². The lowest BCUT2D eigenvalue weighted by atomic mass is 10.1. The SMILES string of the molecule is COCC(=O)Nc1ccc(N2CCCC2)c(C(=O)NC[C@@H]2CCCO2)c1. The number of hydrogen-bond acceptors (Lipinski definition) is 5. The van der Waals surface area contributed by atoms with Gasteiger partial charge in [-0.15, -0.1) is 0 Å². The van der Waals surface area contributed by atoms with E-state index in [1.54, 1.807) is 6.07 Å². The highest BCUT2D eigenvalue weighted by Crippen LogP contribution is 2.27. The van der Waals surface area contributed by atoms with Crippen LogP contribution in [0.1, 0.15) is 36.0 Å². The fourth-order valence-corrected chi connectivity index (χ4v) is 3.46. The van der Waals surface area contributed by atoms with E-state index in [0.29, 0.717) is 17.8 Å². The zero-order valence-corrected chi connectivity index (χ0v) is 15.3. The lowest BCUT2D eigenvalue weighted by Crippen LogP contribution is -2.33. The Morgan fingerprint density at radius 3 is 2.77 bits per heavy atom. The number of benzene rings is 1. The summed E-state index contributed by atoms with van der Waals surface area (Å²) in [7, 11) is 1.47. The maximum Gasteiger partial charge on any atom is 0.253 e. The minimum atomic E-state index is -0.243. The van der Waals surface area contributed by atoms with Gasteiger partial charge in [0.25, 0.3) is 5.91 Å². The van der Waals surface area contributed by atoms with Crippen LogP contribution in [-0.4, -0.2) is 57.9 Å². The van der Waals surface area contributed by atoms with Gasteiger partial charge < -0.3 is 25.0 Å². The van der Waals surface area contributed by atoms with Crippen LogP contribution in [0.2, 0.25) is 0 Å². The van der Waals surface area contributed by atoms with Gasteiger partial charge >= 0.3 is 0 Å². The van der Waals surface area contributed by atoms with Crippen molar-refractivity contribution in [2.24, 2.45) is 0 Å². The van der Waals surface area contributed by atoms with Crippen molar-refractivity contribution in [3.8, 4) is 0 Å². The van der Waals surface area contributed by atoms with Crippen molar-refractivity contribution in [2.45, 2.75) is 31.8 Å². The zero-order chi connectivity index (χ0) is 18.4. The monoisotopic (exact) mass is 361 g/mol. The number of nitrogens with zero attached hydrogens (tertiary/aromatic N) is 1. The number of anilines is 2. The highest BCUT2D eigenvalue weighted by Gasteiger charge is 2.22. The molecule has 0 aliphatic carbocycles. The van der Waals surface area contributed by atoms with E-state index in [4.69, 9.17) is 9.47 Å². The largest absolute Gasteiger partial charge is 0.376 e. The molecule has 2 saturated heterocycles. The average Bonchev–Trinajstić information content (AvgIpc) is 3.33. The number of carbonyl (C=O) groups is 2. The Hall–Kier alpha value is -2.12. The molecule has 1 aromatic carbocycles. The third kappa shape index (κ3) is 4.74. The van der Waals surface area contributed by atoms with Crippen LogP contribution >= 0.6 is 0 Å². The van der Waals surface area contributed by atoms with Crippen molar-refractivity contribution >= 4 is 23.2 Å². The van der Waals surface area contributed by atoms with Crippen molar-refractivity contribution in [2.75, 3.05) is 50.2 Å². The first-order valence-corrected chi connectivity index (χ1v) is 9.25. The van der Waals surface area contributed by atoms with Crippen molar-refractivity contribution in [3.05, 3.63) is 23.8 Å². The van der Waals surface area contributed by atoms with E-state index in [2.05, 4.69) is 15.5 Å². The summed E-state index contributed by atoms with van der Waals surface area (Å²) in [5, 5.41) is 5.75. The van der Waals surface area contributed by atoms with Gasteiger partial charge in [0.05, 0.1) is 11.7 Å². The minimum Gasteiger partial charge on any atom is -0.376 e. The zero-order valence-electron chi connectivity index (χ0n) is 15.3. The Morgan fingerprint density at radius 2 is 2.08 bits per heavy atom. The molecule has 7 heteroatoms. The number of methoxy groups -OCH3 is 1. The van der Waals surface area contributed by atoms with E-state index in [0.717, 1.165) is 51.1 Å². The summed E-state index contributed by atoms with van der Waals surface area (Å²) in [6.07, 6.45) is 4.37. The first kappa shape index (κ1) is 18.7. The molecule has 2 amide bonds. The van der Waals surface area contributed by atoms with Crippen LogP contribution in [0.4, 0.5) is 11.4 Å². The molecule has 1 aromatic rings. The summed E-state index contributed by atoms with van der Waals surface area (Å²) in [5.74, 6) is -0.377. The fraction of sp³-hybridized carbons (Fsp3) is 0.579. The van der Waals surface area contributed by atoms with E-state index in [1.165, 1.54) is 7.11 Å². The topological polar surface area (TPSA) is 79.9 Å². The standard InChI is InChI=1S/C19H27N3O4/c1-25-13-18(23)21-14-6-7-17(22-8-2-3-9-22)16(11-14)19(24)20-12-15-5-4-10-26-15/h6-7,11,15H,2-5,8-10,12-13H2,1H3,(H,20,24)(H,21,23)/t15-/m0/s1. The summed E-state index contributed by atoms with van der Waals surface area (Å²) < 4.78 is 10.4. The predicted octanol–water partition coefficient (Wildman–Crippen LogP) is 1.78. The second-order valence-corrected chi connectivity index (χ2v) is 6.75. The van der Waals surface area contributed by atoms with Gasteiger partial charge in [-0.25, -0.2) is 0 Å². The van der Waals surface area contributed by atoms with Crippen LogP contribution in [0.5, 0.6) is 0 Å². The minimum absolute atomic E-state index is 0.0194. The molecule has 0 bridgehead atoms. The molecule has 2 N–H and O–H groups in total. The number of ether oxygens (including phenoxy) is 2.